The minimum atomic E-state index is 0.252. The minimum Gasteiger partial charge on any atom is -0.388 e. The van der Waals surface area contributed by atoms with Gasteiger partial charge in [-0.3, -0.25) is 5.41 Å². The summed E-state index contributed by atoms with van der Waals surface area (Å²) < 4.78 is 5.34. The fourth-order valence-electron chi connectivity index (χ4n) is 0.786. The van der Waals surface area contributed by atoms with E-state index in [4.69, 9.17) is 15.9 Å². The smallest absolute Gasteiger partial charge is 0.0906 e. The largest absolute Gasteiger partial charge is 0.388 e. The van der Waals surface area contributed by atoms with Gasteiger partial charge in [-0.25, -0.2) is 0 Å². The van der Waals surface area contributed by atoms with E-state index in [1.807, 2.05) is 0 Å². The maximum atomic E-state index is 6.97. The van der Waals surface area contributed by atoms with Crippen LogP contribution in [0, 0.1) is 11.3 Å². The van der Waals surface area contributed by atoms with E-state index in [0.717, 1.165) is 26.1 Å². The summed E-state index contributed by atoms with van der Waals surface area (Å²) in [6, 6.07) is 0. The van der Waals surface area contributed by atoms with Crippen LogP contribution in [0.2, 0.25) is 0 Å². The minimum absolute atomic E-state index is 0.252. The normalized spacial score (nSPS) is 10.6. The van der Waals surface area contributed by atoms with Crippen LogP contribution in [0.5, 0.6) is 0 Å². The molecule has 0 saturated heterocycles. The highest BCUT2D eigenvalue weighted by molar-refractivity contribution is 5.76. The number of nitrogens with two attached hydrogens (primary N) is 1. The van der Waals surface area contributed by atoms with E-state index in [1.54, 1.807) is 0 Å². The molecule has 0 atom stereocenters. The highest BCUT2D eigenvalue weighted by atomic mass is 16.5. The molecular formula is C9H20N2O. The Morgan fingerprint density at radius 2 is 2.08 bits per heavy atom. The molecule has 0 heterocycles. The molecule has 0 aliphatic rings. The third kappa shape index (κ3) is 9.43. The molecule has 0 unspecified atom stereocenters. The Balaban J connectivity index is 2.96. The van der Waals surface area contributed by atoms with Crippen LogP contribution in [0.4, 0.5) is 0 Å². The number of nitrogens with one attached hydrogen (secondary N) is 1. The SMILES string of the molecule is CC(C)CCOCCCC(=N)N. The van der Waals surface area contributed by atoms with Gasteiger partial charge in [-0.15, -0.1) is 0 Å². The van der Waals surface area contributed by atoms with E-state index >= 15 is 0 Å². The maximum absolute atomic E-state index is 6.97. The Morgan fingerprint density at radius 1 is 1.42 bits per heavy atom. The van der Waals surface area contributed by atoms with Gasteiger partial charge in [0, 0.05) is 19.6 Å². The van der Waals surface area contributed by atoms with Gasteiger partial charge < -0.3 is 10.5 Å². The molecule has 0 amide bonds. The molecule has 0 aliphatic heterocycles. The Morgan fingerprint density at radius 3 is 2.58 bits per heavy atom. The highest BCUT2D eigenvalue weighted by Gasteiger charge is 1.94. The zero-order valence-corrected chi connectivity index (χ0v) is 8.10. The third-order valence-corrected chi connectivity index (χ3v) is 1.57. The van der Waals surface area contributed by atoms with Gasteiger partial charge in [0.25, 0.3) is 0 Å². The molecule has 0 rings (SSSR count). The Kier molecular flexibility index (Phi) is 6.76. The van der Waals surface area contributed by atoms with Crippen molar-refractivity contribution in [3.63, 3.8) is 0 Å². The zero-order chi connectivity index (χ0) is 9.40. The lowest BCUT2D eigenvalue weighted by atomic mass is 10.1. The molecule has 0 bridgehead atoms. The third-order valence-electron chi connectivity index (χ3n) is 1.57. The average molecular weight is 172 g/mol. The number of rotatable bonds is 7. The first-order valence-corrected chi connectivity index (χ1v) is 4.53. The number of hydrogen-bond donors (Lipinski definition) is 2. The van der Waals surface area contributed by atoms with E-state index < -0.39 is 0 Å². The molecule has 0 aromatic heterocycles. The first kappa shape index (κ1) is 11.4. The number of amidine groups is 1. The predicted molar refractivity (Wildman–Crippen MR) is 51.4 cm³/mol. The van der Waals surface area contributed by atoms with E-state index in [2.05, 4.69) is 13.8 Å². The molecule has 72 valence electrons. The van der Waals surface area contributed by atoms with E-state index in [9.17, 15) is 0 Å². The first-order chi connectivity index (χ1) is 5.63. The molecule has 0 aromatic carbocycles. The highest BCUT2D eigenvalue weighted by Crippen LogP contribution is 1.99. The van der Waals surface area contributed by atoms with E-state index in [0.29, 0.717) is 12.3 Å². The summed E-state index contributed by atoms with van der Waals surface area (Å²) >= 11 is 0. The summed E-state index contributed by atoms with van der Waals surface area (Å²) in [5.74, 6) is 0.959. The van der Waals surface area contributed by atoms with Crippen LogP contribution in [0.1, 0.15) is 33.1 Å². The fourth-order valence-corrected chi connectivity index (χ4v) is 0.786. The van der Waals surface area contributed by atoms with Crippen molar-refractivity contribution in [2.24, 2.45) is 11.7 Å². The Labute approximate surface area is 74.8 Å². The zero-order valence-electron chi connectivity index (χ0n) is 8.10. The molecule has 0 spiro atoms. The molecule has 0 aliphatic carbocycles. The van der Waals surface area contributed by atoms with Crippen molar-refractivity contribution >= 4 is 5.84 Å². The summed E-state index contributed by atoms with van der Waals surface area (Å²) in [5.41, 5.74) is 5.18. The number of hydrogen-bond acceptors (Lipinski definition) is 2. The van der Waals surface area contributed by atoms with Crippen LogP contribution in [0.3, 0.4) is 0 Å². The van der Waals surface area contributed by atoms with Gasteiger partial charge in [0.15, 0.2) is 0 Å². The van der Waals surface area contributed by atoms with Crippen molar-refractivity contribution in [2.45, 2.75) is 33.1 Å². The van der Waals surface area contributed by atoms with Gasteiger partial charge in [0.2, 0.25) is 0 Å². The molecule has 12 heavy (non-hydrogen) atoms. The standard InChI is InChI=1S/C9H20N2O/c1-8(2)5-7-12-6-3-4-9(10)11/h8H,3-7H2,1-2H3,(H3,10,11). The van der Waals surface area contributed by atoms with Gasteiger partial charge >= 0.3 is 0 Å². The second-order valence-corrected chi connectivity index (χ2v) is 3.42. The van der Waals surface area contributed by atoms with Crippen LogP contribution >= 0.6 is 0 Å². The fraction of sp³-hybridized carbons (Fsp3) is 0.889. The molecule has 0 fully saturated rings. The van der Waals surface area contributed by atoms with Crippen molar-refractivity contribution in [1.29, 1.82) is 5.41 Å². The summed E-state index contributed by atoms with van der Waals surface area (Å²) in [4.78, 5) is 0. The second-order valence-electron chi connectivity index (χ2n) is 3.42. The summed E-state index contributed by atoms with van der Waals surface area (Å²) in [5, 5.41) is 6.97. The van der Waals surface area contributed by atoms with Gasteiger partial charge in [-0.2, -0.15) is 0 Å². The quantitative estimate of drug-likeness (QED) is 0.349. The van der Waals surface area contributed by atoms with Crippen LogP contribution in [-0.4, -0.2) is 19.0 Å². The topological polar surface area (TPSA) is 59.1 Å². The monoisotopic (exact) mass is 172 g/mol. The Hall–Kier alpha value is -0.570. The number of ether oxygens (including phenoxy) is 1. The predicted octanol–water partition coefficient (Wildman–Crippen LogP) is 1.77. The lowest BCUT2D eigenvalue weighted by Gasteiger charge is -2.05. The lowest BCUT2D eigenvalue weighted by Crippen LogP contribution is -2.10. The van der Waals surface area contributed by atoms with Crippen LogP contribution in [-0.2, 0) is 4.74 Å². The van der Waals surface area contributed by atoms with Crippen LogP contribution < -0.4 is 5.73 Å². The molecule has 3 heteroatoms. The van der Waals surface area contributed by atoms with Crippen molar-refractivity contribution in [2.75, 3.05) is 13.2 Å². The molecule has 3 nitrogen and oxygen atoms in total. The second kappa shape index (κ2) is 7.10. The summed E-state index contributed by atoms with van der Waals surface area (Å²) in [7, 11) is 0. The van der Waals surface area contributed by atoms with Crippen molar-refractivity contribution in [3.05, 3.63) is 0 Å². The van der Waals surface area contributed by atoms with Gasteiger partial charge in [0.05, 0.1) is 5.84 Å². The molecule has 0 saturated carbocycles. The van der Waals surface area contributed by atoms with Gasteiger partial charge in [-0.05, 0) is 18.8 Å². The van der Waals surface area contributed by atoms with E-state index in [1.165, 1.54) is 0 Å². The van der Waals surface area contributed by atoms with Crippen molar-refractivity contribution < 1.29 is 4.74 Å². The Bertz CT molecular complexity index is 124. The molecule has 0 aromatic rings. The average Bonchev–Trinajstić information content (AvgIpc) is 1.95. The maximum Gasteiger partial charge on any atom is 0.0906 e. The van der Waals surface area contributed by atoms with Gasteiger partial charge in [0.1, 0.15) is 0 Å². The van der Waals surface area contributed by atoms with Gasteiger partial charge in [-0.1, -0.05) is 13.8 Å². The van der Waals surface area contributed by atoms with E-state index in [-0.39, 0.29) is 5.84 Å². The lowest BCUT2D eigenvalue weighted by molar-refractivity contribution is 0.122. The van der Waals surface area contributed by atoms with Crippen molar-refractivity contribution in [3.8, 4) is 0 Å². The molecule has 0 radical (unpaired) electrons. The molecule has 3 N–H and O–H groups in total. The molecular weight excluding hydrogens is 152 g/mol. The van der Waals surface area contributed by atoms with Crippen LogP contribution in [0.15, 0.2) is 0 Å². The summed E-state index contributed by atoms with van der Waals surface area (Å²) in [6.07, 6.45) is 2.63. The van der Waals surface area contributed by atoms with Crippen LogP contribution in [0.25, 0.3) is 0 Å². The first-order valence-electron chi connectivity index (χ1n) is 4.53. The summed E-state index contributed by atoms with van der Waals surface area (Å²) in [6.45, 7) is 5.92. The van der Waals surface area contributed by atoms with Crippen molar-refractivity contribution in [1.82, 2.24) is 0 Å².